The van der Waals surface area contributed by atoms with Crippen LogP contribution in [0.4, 0.5) is 4.39 Å². The molecule has 0 saturated carbocycles. The van der Waals surface area contributed by atoms with Gasteiger partial charge in [-0.05, 0) is 12.1 Å². The van der Waals surface area contributed by atoms with Crippen molar-refractivity contribution in [1.29, 1.82) is 0 Å². The van der Waals surface area contributed by atoms with Gasteiger partial charge in [0.2, 0.25) is 11.7 Å². The summed E-state index contributed by atoms with van der Waals surface area (Å²) in [5, 5.41) is 3.58. The molecule has 0 atom stereocenters. The van der Waals surface area contributed by atoms with Crippen molar-refractivity contribution < 1.29 is 17.3 Å². The van der Waals surface area contributed by atoms with Gasteiger partial charge < -0.3 is 10.3 Å². The van der Waals surface area contributed by atoms with E-state index in [1.54, 1.807) is 0 Å². The zero-order valence-corrected chi connectivity index (χ0v) is 10.2. The first-order valence-electron chi connectivity index (χ1n) is 4.95. The Labute approximate surface area is 103 Å². The lowest BCUT2D eigenvalue weighted by Gasteiger charge is -2.04. The monoisotopic (exact) mass is 271 g/mol. The van der Waals surface area contributed by atoms with E-state index in [9.17, 15) is 12.8 Å². The first kappa shape index (κ1) is 12.7. The molecule has 1 heterocycles. The second-order valence-electron chi connectivity index (χ2n) is 3.60. The van der Waals surface area contributed by atoms with E-state index in [0.717, 1.165) is 12.3 Å². The van der Waals surface area contributed by atoms with Gasteiger partial charge in [0.05, 0.1) is 6.54 Å². The maximum Gasteiger partial charge on any atom is 0.240 e. The van der Waals surface area contributed by atoms with E-state index in [0.29, 0.717) is 0 Å². The number of hydrogen-bond donors (Lipinski definition) is 1. The fraction of sp³-hybridized carbons (Fsp3) is 0.200. The molecule has 2 rings (SSSR count). The van der Waals surface area contributed by atoms with E-state index in [-0.39, 0.29) is 23.8 Å². The molecule has 18 heavy (non-hydrogen) atoms. The Balaban J connectivity index is 2.68. The van der Waals surface area contributed by atoms with Crippen molar-refractivity contribution in [3.63, 3.8) is 0 Å². The van der Waals surface area contributed by atoms with E-state index in [1.165, 1.54) is 12.1 Å². The van der Waals surface area contributed by atoms with Crippen LogP contribution >= 0.6 is 0 Å². The van der Waals surface area contributed by atoms with Gasteiger partial charge in [-0.3, -0.25) is 0 Å². The van der Waals surface area contributed by atoms with E-state index < -0.39 is 20.5 Å². The highest BCUT2D eigenvalue weighted by Gasteiger charge is 2.22. The summed E-state index contributed by atoms with van der Waals surface area (Å²) in [5.74, 6) is -0.710. The van der Waals surface area contributed by atoms with Crippen molar-refractivity contribution in [1.82, 2.24) is 10.1 Å². The van der Waals surface area contributed by atoms with Crippen LogP contribution in [0.2, 0.25) is 0 Å². The third-order valence-corrected chi connectivity index (χ3v) is 3.38. The van der Waals surface area contributed by atoms with Crippen molar-refractivity contribution in [2.75, 3.05) is 6.26 Å². The summed E-state index contributed by atoms with van der Waals surface area (Å²) < 4.78 is 41.5. The molecule has 8 heteroatoms. The topological polar surface area (TPSA) is 99.1 Å². The van der Waals surface area contributed by atoms with Gasteiger partial charge in [-0.2, -0.15) is 4.98 Å². The van der Waals surface area contributed by atoms with Gasteiger partial charge >= 0.3 is 0 Å². The Bertz CT molecular complexity index is 681. The van der Waals surface area contributed by atoms with E-state index in [4.69, 9.17) is 10.3 Å². The van der Waals surface area contributed by atoms with Gasteiger partial charge in [0, 0.05) is 11.8 Å². The maximum atomic E-state index is 13.6. The van der Waals surface area contributed by atoms with Crippen LogP contribution in [0, 0.1) is 5.82 Å². The number of rotatable bonds is 3. The van der Waals surface area contributed by atoms with Crippen LogP contribution in [-0.4, -0.2) is 24.8 Å². The van der Waals surface area contributed by atoms with Crippen LogP contribution in [-0.2, 0) is 16.4 Å². The summed E-state index contributed by atoms with van der Waals surface area (Å²) in [4.78, 5) is 3.43. The van der Waals surface area contributed by atoms with Crippen molar-refractivity contribution in [2.24, 2.45) is 5.73 Å². The predicted molar refractivity (Wildman–Crippen MR) is 60.7 cm³/mol. The van der Waals surface area contributed by atoms with Crippen LogP contribution in [0.5, 0.6) is 0 Å². The molecule has 2 N–H and O–H groups in total. The minimum atomic E-state index is -3.74. The largest absolute Gasteiger partial charge is 0.338 e. The highest BCUT2D eigenvalue weighted by Crippen LogP contribution is 2.27. The lowest BCUT2D eigenvalue weighted by atomic mass is 10.2. The maximum absolute atomic E-state index is 13.6. The Morgan fingerprint density at radius 2 is 2.17 bits per heavy atom. The quantitative estimate of drug-likeness (QED) is 0.883. The number of nitrogens with zero attached hydrogens (tertiary/aromatic N) is 2. The van der Waals surface area contributed by atoms with Crippen molar-refractivity contribution in [3.05, 3.63) is 29.9 Å². The predicted octanol–water partition coefficient (Wildman–Crippen LogP) is 0.738. The van der Waals surface area contributed by atoms with Crippen LogP contribution < -0.4 is 5.73 Å². The molecule has 96 valence electrons. The molecule has 0 amide bonds. The smallest absolute Gasteiger partial charge is 0.240 e. The molecule has 0 aliphatic heterocycles. The van der Waals surface area contributed by atoms with Crippen molar-refractivity contribution in [2.45, 2.75) is 11.4 Å². The van der Waals surface area contributed by atoms with Crippen LogP contribution in [0.1, 0.15) is 5.89 Å². The van der Waals surface area contributed by atoms with Crippen LogP contribution in [0.3, 0.4) is 0 Å². The molecule has 1 aromatic carbocycles. The average Bonchev–Trinajstić information content (AvgIpc) is 2.75. The minimum Gasteiger partial charge on any atom is -0.338 e. The second-order valence-corrected chi connectivity index (χ2v) is 5.56. The highest BCUT2D eigenvalue weighted by atomic mass is 32.2. The average molecular weight is 271 g/mol. The molecule has 0 bridgehead atoms. The summed E-state index contributed by atoms with van der Waals surface area (Å²) in [5.41, 5.74) is 5.36. The molecule has 0 saturated heterocycles. The van der Waals surface area contributed by atoms with Crippen molar-refractivity contribution in [3.8, 4) is 11.4 Å². The molecular formula is C10H10FN3O3S. The normalized spacial score (nSPS) is 11.7. The number of benzene rings is 1. The van der Waals surface area contributed by atoms with E-state index in [2.05, 4.69) is 10.1 Å². The Morgan fingerprint density at radius 1 is 1.44 bits per heavy atom. The number of sulfone groups is 1. The summed E-state index contributed by atoms with van der Waals surface area (Å²) in [6.07, 6.45) is 0.916. The van der Waals surface area contributed by atoms with Crippen LogP contribution in [0.15, 0.2) is 27.6 Å². The molecule has 2 aromatic rings. The minimum absolute atomic E-state index is 0.00428. The molecule has 0 radical (unpaired) electrons. The van der Waals surface area contributed by atoms with Crippen LogP contribution in [0.25, 0.3) is 11.4 Å². The first-order chi connectivity index (χ1) is 8.43. The SMILES string of the molecule is CS(=O)(=O)c1c(F)cccc1-c1noc(CN)n1. The molecule has 0 aliphatic rings. The molecule has 0 unspecified atom stereocenters. The Morgan fingerprint density at radius 3 is 2.72 bits per heavy atom. The van der Waals surface area contributed by atoms with Gasteiger partial charge in [-0.25, -0.2) is 12.8 Å². The Kier molecular flexibility index (Phi) is 3.14. The lowest BCUT2D eigenvalue weighted by Crippen LogP contribution is -2.04. The number of halogens is 1. The summed E-state index contributed by atoms with van der Waals surface area (Å²) in [6.45, 7) is 0.0243. The third kappa shape index (κ3) is 2.24. The van der Waals surface area contributed by atoms with Crippen molar-refractivity contribution >= 4 is 9.84 Å². The lowest BCUT2D eigenvalue weighted by molar-refractivity contribution is 0.380. The molecular weight excluding hydrogens is 261 g/mol. The fourth-order valence-electron chi connectivity index (χ4n) is 1.51. The first-order valence-corrected chi connectivity index (χ1v) is 6.84. The summed E-state index contributed by atoms with van der Waals surface area (Å²) in [6, 6.07) is 3.84. The standard InChI is InChI=1S/C10H10FN3O3S/c1-18(15,16)9-6(3-2-4-7(9)11)10-13-8(5-12)17-14-10/h2-4H,5,12H2,1H3. The highest BCUT2D eigenvalue weighted by molar-refractivity contribution is 7.90. The van der Waals surface area contributed by atoms with E-state index >= 15 is 0 Å². The van der Waals surface area contributed by atoms with Gasteiger partial charge in [0.25, 0.3) is 0 Å². The number of aromatic nitrogens is 2. The second kappa shape index (κ2) is 4.46. The van der Waals surface area contributed by atoms with Gasteiger partial charge in [0.1, 0.15) is 10.7 Å². The molecule has 0 spiro atoms. The number of nitrogens with two attached hydrogens (primary N) is 1. The number of hydrogen-bond acceptors (Lipinski definition) is 6. The molecule has 0 fully saturated rings. The van der Waals surface area contributed by atoms with E-state index in [1.807, 2.05) is 0 Å². The zero-order valence-electron chi connectivity index (χ0n) is 9.42. The molecule has 0 aliphatic carbocycles. The summed E-state index contributed by atoms with van der Waals surface area (Å²) >= 11 is 0. The van der Waals surface area contributed by atoms with Gasteiger partial charge in [-0.1, -0.05) is 11.2 Å². The zero-order chi connectivity index (χ0) is 13.3. The van der Waals surface area contributed by atoms with Gasteiger partial charge in [-0.15, -0.1) is 0 Å². The fourth-order valence-corrected chi connectivity index (χ4v) is 2.49. The third-order valence-electron chi connectivity index (χ3n) is 2.22. The molecule has 6 nitrogen and oxygen atoms in total. The molecule has 1 aromatic heterocycles. The van der Waals surface area contributed by atoms with Gasteiger partial charge in [0.15, 0.2) is 9.84 Å². The Hall–Kier alpha value is -1.80. The summed E-state index contributed by atoms with van der Waals surface area (Å²) in [7, 11) is -3.74.